The van der Waals surface area contributed by atoms with Crippen molar-refractivity contribution in [2.24, 2.45) is 11.8 Å². The minimum Gasteiger partial charge on any atom is -0.495 e. The SMILES string of the molecule is COc1ccc([N+](=O)[O-])cc1NC1CCC(C)CC1C. The molecule has 1 fully saturated rings. The summed E-state index contributed by atoms with van der Waals surface area (Å²) in [6.45, 7) is 4.51. The van der Waals surface area contributed by atoms with E-state index in [1.54, 1.807) is 19.2 Å². The number of anilines is 1. The zero-order valence-electron chi connectivity index (χ0n) is 12.3. The minimum absolute atomic E-state index is 0.0881. The third-order valence-electron chi connectivity index (χ3n) is 4.17. The van der Waals surface area contributed by atoms with Crippen molar-refractivity contribution in [2.75, 3.05) is 12.4 Å². The lowest BCUT2D eigenvalue weighted by atomic mass is 9.80. The molecule has 5 heteroatoms. The molecule has 3 atom stereocenters. The zero-order valence-corrected chi connectivity index (χ0v) is 12.3. The van der Waals surface area contributed by atoms with E-state index in [1.807, 2.05) is 0 Å². The highest BCUT2D eigenvalue weighted by Gasteiger charge is 2.26. The molecule has 1 aliphatic rings. The van der Waals surface area contributed by atoms with Crippen LogP contribution in [0.1, 0.15) is 33.1 Å². The van der Waals surface area contributed by atoms with E-state index in [0.29, 0.717) is 23.4 Å². The lowest BCUT2D eigenvalue weighted by Crippen LogP contribution is -2.33. The largest absolute Gasteiger partial charge is 0.495 e. The van der Waals surface area contributed by atoms with Gasteiger partial charge in [0.05, 0.1) is 17.7 Å². The Labute approximate surface area is 119 Å². The van der Waals surface area contributed by atoms with Crippen LogP contribution >= 0.6 is 0 Å². The molecule has 1 aromatic carbocycles. The second-order valence-electron chi connectivity index (χ2n) is 5.79. The van der Waals surface area contributed by atoms with Gasteiger partial charge in [-0.05, 0) is 37.2 Å². The fourth-order valence-electron chi connectivity index (χ4n) is 3.00. The number of nitro groups is 1. The molecular formula is C15H22N2O3. The van der Waals surface area contributed by atoms with Crippen molar-refractivity contribution in [2.45, 2.75) is 39.2 Å². The molecule has 1 aliphatic carbocycles. The molecule has 0 bridgehead atoms. The van der Waals surface area contributed by atoms with Crippen molar-refractivity contribution in [3.05, 3.63) is 28.3 Å². The first-order valence-corrected chi connectivity index (χ1v) is 7.10. The number of nitro benzene ring substituents is 1. The Kier molecular flexibility index (Phi) is 4.47. The molecule has 110 valence electrons. The number of nitrogens with zero attached hydrogens (tertiary/aromatic N) is 1. The van der Waals surface area contributed by atoms with Crippen LogP contribution in [-0.4, -0.2) is 18.1 Å². The Balaban J connectivity index is 2.18. The highest BCUT2D eigenvalue weighted by molar-refractivity contribution is 5.62. The van der Waals surface area contributed by atoms with E-state index >= 15 is 0 Å². The van der Waals surface area contributed by atoms with Gasteiger partial charge in [0, 0.05) is 18.2 Å². The van der Waals surface area contributed by atoms with Crippen molar-refractivity contribution in [1.82, 2.24) is 0 Å². The van der Waals surface area contributed by atoms with Crippen LogP contribution in [0.4, 0.5) is 11.4 Å². The van der Waals surface area contributed by atoms with Gasteiger partial charge in [-0.3, -0.25) is 10.1 Å². The lowest BCUT2D eigenvalue weighted by molar-refractivity contribution is -0.384. The van der Waals surface area contributed by atoms with Crippen LogP contribution < -0.4 is 10.1 Å². The standard InChI is InChI=1S/C15H22N2O3/c1-10-4-6-13(11(2)8-10)16-14-9-12(17(18)19)5-7-15(14)20-3/h5,7,9-11,13,16H,4,6,8H2,1-3H3. The Morgan fingerprint density at radius 3 is 2.70 bits per heavy atom. The number of non-ortho nitro benzene ring substituents is 1. The second-order valence-corrected chi connectivity index (χ2v) is 5.79. The van der Waals surface area contributed by atoms with Crippen LogP contribution in [0.15, 0.2) is 18.2 Å². The molecular weight excluding hydrogens is 256 g/mol. The molecule has 1 aromatic rings. The van der Waals surface area contributed by atoms with E-state index in [2.05, 4.69) is 19.2 Å². The van der Waals surface area contributed by atoms with Crippen LogP contribution in [0.3, 0.4) is 0 Å². The van der Waals surface area contributed by atoms with Gasteiger partial charge >= 0.3 is 0 Å². The molecule has 1 N–H and O–H groups in total. The molecule has 0 radical (unpaired) electrons. The predicted octanol–water partition coefficient (Wildman–Crippen LogP) is 3.84. The molecule has 0 aliphatic heterocycles. The summed E-state index contributed by atoms with van der Waals surface area (Å²) in [6.07, 6.45) is 3.47. The Morgan fingerprint density at radius 1 is 1.35 bits per heavy atom. The summed E-state index contributed by atoms with van der Waals surface area (Å²) in [4.78, 5) is 10.5. The predicted molar refractivity (Wildman–Crippen MR) is 79.2 cm³/mol. The summed E-state index contributed by atoms with van der Waals surface area (Å²) in [7, 11) is 1.58. The maximum absolute atomic E-state index is 10.9. The van der Waals surface area contributed by atoms with Crippen LogP contribution in [0.5, 0.6) is 5.75 Å². The normalized spacial score (nSPS) is 26.1. The monoisotopic (exact) mass is 278 g/mol. The second kappa shape index (κ2) is 6.11. The fraction of sp³-hybridized carbons (Fsp3) is 0.600. The van der Waals surface area contributed by atoms with Gasteiger partial charge in [-0.1, -0.05) is 13.8 Å². The zero-order chi connectivity index (χ0) is 14.7. The van der Waals surface area contributed by atoms with Crippen LogP contribution in [0.2, 0.25) is 0 Å². The lowest BCUT2D eigenvalue weighted by Gasteiger charge is -2.34. The summed E-state index contributed by atoms with van der Waals surface area (Å²) in [5.74, 6) is 1.97. The number of rotatable bonds is 4. The van der Waals surface area contributed by atoms with E-state index < -0.39 is 0 Å². The van der Waals surface area contributed by atoms with Crippen molar-refractivity contribution in [3.8, 4) is 5.75 Å². The number of benzene rings is 1. The quantitative estimate of drug-likeness (QED) is 0.671. The van der Waals surface area contributed by atoms with Gasteiger partial charge in [-0.2, -0.15) is 0 Å². The first-order valence-electron chi connectivity index (χ1n) is 7.10. The summed E-state index contributed by atoms with van der Waals surface area (Å²) in [5, 5.41) is 14.3. The maximum Gasteiger partial charge on any atom is 0.271 e. The van der Waals surface area contributed by atoms with E-state index in [9.17, 15) is 10.1 Å². The highest BCUT2D eigenvalue weighted by atomic mass is 16.6. The van der Waals surface area contributed by atoms with Gasteiger partial charge in [0.1, 0.15) is 5.75 Å². The molecule has 5 nitrogen and oxygen atoms in total. The number of hydrogen-bond donors (Lipinski definition) is 1. The van der Waals surface area contributed by atoms with Crippen LogP contribution in [0.25, 0.3) is 0 Å². The minimum atomic E-state index is -0.378. The Bertz CT molecular complexity index is 490. The number of methoxy groups -OCH3 is 1. The molecule has 0 amide bonds. The fourth-order valence-corrected chi connectivity index (χ4v) is 3.00. The molecule has 2 rings (SSSR count). The average Bonchev–Trinajstić information content (AvgIpc) is 2.41. The third kappa shape index (κ3) is 3.21. The van der Waals surface area contributed by atoms with Crippen LogP contribution in [-0.2, 0) is 0 Å². The Morgan fingerprint density at radius 2 is 2.10 bits per heavy atom. The summed E-state index contributed by atoms with van der Waals surface area (Å²) in [5.41, 5.74) is 0.804. The van der Waals surface area contributed by atoms with Gasteiger partial charge in [0.2, 0.25) is 0 Å². The van der Waals surface area contributed by atoms with Gasteiger partial charge in [0.25, 0.3) is 5.69 Å². The number of hydrogen-bond acceptors (Lipinski definition) is 4. The third-order valence-corrected chi connectivity index (χ3v) is 4.17. The smallest absolute Gasteiger partial charge is 0.271 e. The van der Waals surface area contributed by atoms with Gasteiger partial charge < -0.3 is 10.1 Å². The Hall–Kier alpha value is -1.78. The van der Waals surface area contributed by atoms with Crippen LogP contribution in [0, 0.1) is 22.0 Å². The van der Waals surface area contributed by atoms with E-state index in [1.165, 1.54) is 18.9 Å². The number of ether oxygens (including phenoxy) is 1. The summed E-state index contributed by atoms with van der Waals surface area (Å²) < 4.78 is 5.29. The van der Waals surface area contributed by atoms with Gasteiger partial charge in [-0.25, -0.2) is 0 Å². The van der Waals surface area contributed by atoms with E-state index in [0.717, 1.165) is 12.3 Å². The van der Waals surface area contributed by atoms with Gasteiger partial charge in [0.15, 0.2) is 0 Å². The maximum atomic E-state index is 10.9. The molecule has 20 heavy (non-hydrogen) atoms. The van der Waals surface area contributed by atoms with Crippen molar-refractivity contribution in [1.29, 1.82) is 0 Å². The molecule has 0 spiro atoms. The molecule has 0 heterocycles. The number of nitrogens with one attached hydrogen (secondary N) is 1. The van der Waals surface area contributed by atoms with Crippen molar-refractivity contribution in [3.63, 3.8) is 0 Å². The van der Waals surface area contributed by atoms with E-state index in [-0.39, 0.29) is 10.6 Å². The first kappa shape index (κ1) is 14.6. The van der Waals surface area contributed by atoms with Gasteiger partial charge in [-0.15, -0.1) is 0 Å². The van der Waals surface area contributed by atoms with Crippen molar-refractivity contribution < 1.29 is 9.66 Å². The summed E-state index contributed by atoms with van der Waals surface area (Å²) >= 11 is 0. The topological polar surface area (TPSA) is 64.4 Å². The molecule has 3 unspecified atom stereocenters. The highest BCUT2D eigenvalue weighted by Crippen LogP contribution is 2.35. The molecule has 0 aromatic heterocycles. The summed E-state index contributed by atoms with van der Waals surface area (Å²) in [6, 6.07) is 5.03. The molecule has 0 saturated heterocycles. The van der Waals surface area contributed by atoms with Crippen molar-refractivity contribution >= 4 is 11.4 Å². The first-order chi connectivity index (χ1) is 9.51. The molecule has 1 saturated carbocycles. The van der Waals surface area contributed by atoms with E-state index in [4.69, 9.17) is 4.74 Å². The average molecular weight is 278 g/mol.